The van der Waals surface area contributed by atoms with E-state index in [0.29, 0.717) is 5.56 Å². The maximum Gasteiger partial charge on any atom is 0.305 e. The molecule has 0 aliphatic heterocycles. The molecule has 0 radical (unpaired) electrons. The summed E-state index contributed by atoms with van der Waals surface area (Å²) in [5.74, 6) is -1.75. The topological polar surface area (TPSA) is 66.4 Å². The summed E-state index contributed by atoms with van der Waals surface area (Å²) in [6.45, 7) is 0. The second-order valence-electron chi connectivity index (χ2n) is 4.94. The fourth-order valence-electron chi connectivity index (χ4n) is 2.19. The molecule has 0 unspecified atom stereocenters. The minimum absolute atomic E-state index is 0.000707. The van der Waals surface area contributed by atoms with E-state index < -0.39 is 17.8 Å². The second kappa shape index (κ2) is 7.36. The first kappa shape index (κ1) is 15.7. The zero-order valence-corrected chi connectivity index (χ0v) is 11.8. The summed E-state index contributed by atoms with van der Waals surface area (Å²) in [6, 6.07) is 14.1. The van der Waals surface area contributed by atoms with Crippen molar-refractivity contribution in [2.45, 2.75) is 18.9 Å². The molecule has 0 aromatic heterocycles. The lowest BCUT2D eigenvalue weighted by molar-refractivity contribution is -0.137. The molecule has 0 bridgehead atoms. The fourth-order valence-corrected chi connectivity index (χ4v) is 2.19. The van der Waals surface area contributed by atoms with E-state index in [1.165, 1.54) is 18.2 Å². The SMILES string of the molecule is O=C(O)C[C@H](NC(=O)Cc1cccc(F)c1)c1ccccc1. The van der Waals surface area contributed by atoms with Crippen molar-refractivity contribution < 1.29 is 19.1 Å². The number of rotatable bonds is 6. The van der Waals surface area contributed by atoms with E-state index in [1.807, 2.05) is 6.07 Å². The number of hydrogen-bond donors (Lipinski definition) is 2. The summed E-state index contributed by atoms with van der Waals surface area (Å²) in [5.41, 5.74) is 1.26. The van der Waals surface area contributed by atoms with Gasteiger partial charge in [-0.2, -0.15) is 0 Å². The highest BCUT2D eigenvalue weighted by molar-refractivity contribution is 5.80. The Morgan fingerprint density at radius 3 is 2.45 bits per heavy atom. The lowest BCUT2D eigenvalue weighted by Gasteiger charge is -2.17. The van der Waals surface area contributed by atoms with Gasteiger partial charge in [-0.3, -0.25) is 9.59 Å². The Kier molecular flexibility index (Phi) is 5.25. The highest BCUT2D eigenvalue weighted by Gasteiger charge is 2.18. The first-order valence-corrected chi connectivity index (χ1v) is 6.85. The molecule has 1 amide bonds. The molecule has 1 atom stereocenters. The van der Waals surface area contributed by atoms with Gasteiger partial charge in [0.1, 0.15) is 5.82 Å². The normalized spacial score (nSPS) is 11.7. The summed E-state index contributed by atoms with van der Waals surface area (Å²) in [5, 5.41) is 11.7. The van der Waals surface area contributed by atoms with Crippen molar-refractivity contribution in [1.29, 1.82) is 0 Å². The highest BCUT2D eigenvalue weighted by atomic mass is 19.1. The van der Waals surface area contributed by atoms with Crippen LogP contribution in [0.15, 0.2) is 54.6 Å². The van der Waals surface area contributed by atoms with Crippen LogP contribution in [0, 0.1) is 5.82 Å². The van der Waals surface area contributed by atoms with Crippen LogP contribution in [-0.4, -0.2) is 17.0 Å². The number of aliphatic carboxylic acids is 1. The van der Waals surface area contributed by atoms with Gasteiger partial charge in [0.05, 0.1) is 18.9 Å². The largest absolute Gasteiger partial charge is 0.481 e. The molecule has 0 spiro atoms. The van der Waals surface area contributed by atoms with E-state index in [-0.39, 0.29) is 18.7 Å². The van der Waals surface area contributed by atoms with Gasteiger partial charge < -0.3 is 10.4 Å². The molecule has 4 nitrogen and oxygen atoms in total. The van der Waals surface area contributed by atoms with Crippen LogP contribution in [0.1, 0.15) is 23.6 Å². The van der Waals surface area contributed by atoms with Crippen molar-refractivity contribution >= 4 is 11.9 Å². The van der Waals surface area contributed by atoms with Crippen LogP contribution in [0.3, 0.4) is 0 Å². The third-order valence-electron chi connectivity index (χ3n) is 3.17. The molecule has 0 aliphatic carbocycles. The van der Waals surface area contributed by atoms with Crippen LogP contribution < -0.4 is 5.32 Å². The second-order valence-corrected chi connectivity index (χ2v) is 4.94. The van der Waals surface area contributed by atoms with Crippen molar-refractivity contribution in [3.63, 3.8) is 0 Å². The molecule has 0 fully saturated rings. The molecule has 2 N–H and O–H groups in total. The average molecular weight is 301 g/mol. The Labute approximate surface area is 127 Å². The first-order valence-electron chi connectivity index (χ1n) is 6.85. The molecular weight excluding hydrogens is 285 g/mol. The number of halogens is 1. The maximum absolute atomic E-state index is 13.1. The molecule has 5 heteroatoms. The van der Waals surface area contributed by atoms with Gasteiger partial charge in [0.15, 0.2) is 0 Å². The monoisotopic (exact) mass is 301 g/mol. The minimum atomic E-state index is -1.00. The Bertz CT molecular complexity index is 658. The zero-order chi connectivity index (χ0) is 15.9. The average Bonchev–Trinajstić information content (AvgIpc) is 2.47. The number of carboxylic acids is 1. The Balaban J connectivity index is 2.06. The Hall–Kier alpha value is -2.69. The van der Waals surface area contributed by atoms with Crippen molar-refractivity contribution in [2.24, 2.45) is 0 Å². The lowest BCUT2D eigenvalue weighted by atomic mass is 10.0. The van der Waals surface area contributed by atoms with Crippen LogP contribution >= 0.6 is 0 Å². The van der Waals surface area contributed by atoms with Gasteiger partial charge in [-0.1, -0.05) is 42.5 Å². The zero-order valence-electron chi connectivity index (χ0n) is 11.8. The van der Waals surface area contributed by atoms with Gasteiger partial charge in [0, 0.05) is 0 Å². The predicted octanol–water partition coefficient (Wildman–Crippen LogP) is 2.70. The lowest BCUT2D eigenvalue weighted by Crippen LogP contribution is -2.31. The number of carbonyl (C=O) groups is 2. The van der Waals surface area contributed by atoms with E-state index in [9.17, 15) is 14.0 Å². The smallest absolute Gasteiger partial charge is 0.305 e. The van der Waals surface area contributed by atoms with E-state index in [2.05, 4.69) is 5.32 Å². The molecule has 0 saturated carbocycles. The van der Waals surface area contributed by atoms with Gasteiger partial charge in [-0.25, -0.2) is 4.39 Å². The van der Waals surface area contributed by atoms with Gasteiger partial charge in [0.25, 0.3) is 0 Å². The van der Waals surface area contributed by atoms with E-state index in [1.54, 1.807) is 30.3 Å². The van der Waals surface area contributed by atoms with Crippen molar-refractivity contribution in [2.75, 3.05) is 0 Å². The van der Waals surface area contributed by atoms with E-state index in [0.717, 1.165) is 5.56 Å². The van der Waals surface area contributed by atoms with Gasteiger partial charge in [-0.05, 0) is 23.3 Å². The molecule has 0 heterocycles. The van der Waals surface area contributed by atoms with Crippen molar-refractivity contribution in [1.82, 2.24) is 5.32 Å². The van der Waals surface area contributed by atoms with Gasteiger partial charge in [-0.15, -0.1) is 0 Å². The van der Waals surface area contributed by atoms with Gasteiger partial charge in [0.2, 0.25) is 5.91 Å². The molecule has 114 valence electrons. The Morgan fingerprint density at radius 1 is 1.09 bits per heavy atom. The van der Waals surface area contributed by atoms with Crippen LogP contribution in [0.4, 0.5) is 4.39 Å². The van der Waals surface area contributed by atoms with Crippen LogP contribution in [0.5, 0.6) is 0 Å². The molecular formula is C17H16FNO3. The number of amides is 1. The number of benzene rings is 2. The summed E-state index contributed by atoms with van der Waals surface area (Å²) in [7, 11) is 0. The highest BCUT2D eigenvalue weighted by Crippen LogP contribution is 2.17. The Morgan fingerprint density at radius 2 is 1.82 bits per heavy atom. The maximum atomic E-state index is 13.1. The summed E-state index contributed by atoms with van der Waals surface area (Å²) in [6.07, 6.45) is -0.209. The molecule has 2 rings (SSSR count). The number of carbonyl (C=O) groups excluding carboxylic acids is 1. The van der Waals surface area contributed by atoms with Crippen LogP contribution in [0.25, 0.3) is 0 Å². The first-order chi connectivity index (χ1) is 10.5. The third-order valence-corrected chi connectivity index (χ3v) is 3.17. The minimum Gasteiger partial charge on any atom is -0.481 e. The summed E-state index contributed by atoms with van der Waals surface area (Å²) >= 11 is 0. The summed E-state index contributed by atoms with van der Waals surface area (Å²) in [4.78, 5) is 23.0. The van der Waals surface area contributed by atoms with E-state index in [4.69, 9.17) is 5.11 Å². The molecule has 0 aliphatic rings. The fraction of sp³-hybridized carbons (Fsp3) is 0.176. The van der Waals surface area contributed by atoms with Crippen LogP contribution in [0.2, 0.25) is 0 Å². The standard InChI is InChI=1S/C17H16FNO3/c18-14-8-4-5-12(9-14)10-16(20)19-15(11-17(21)22)13-6-2-1-3-7-13/h1-9,15H,10-11H2,(H,19,20)(H,21,22)/t15-/m0/s1. The molecule has 22 heavy (non-hydrogen) atoms. The quantitative estimate of drug-likeness (QED) is 0.862. The number of hydrogen-bond acceptors (Lipinski definition) is 2. The molecule has 2 aromatic rings. The number of nitrogens with one attached hydrogen (secondary N) is 1. The molecule has 0 saturated heterocycles. The van der Waals surface area contributed by atoms with Crippen LogP contribution in [-0.2, 0) is 16.0 Å². The molecule has 2 aromatic carbocycles. The van der Waals surface area contributed by atoms with Crippen molar-refractivity contribution in [3.05, 3.63) is 71.5 Å². The van der Waals surface area contributed by atoms with Crippen molar-refractivity contribution in [3.8, 4) is 0 Å². The third kappa shape index (κ3) is 4.70. The number of carboxylic acid groups (broad SMARTS) is 1. The van der Waals surface area contributed by atoms with E-state index >= 15 is 0 Å². The predicted molar refractivity (Wildman–Crippen MR) is 79.7 cm³/mol. The summed E-state index contributed by atoms with van der Waals surface area (Å²) < 4.78 is 13.1. The van der Waals surface area contributed by atoms with Gasteiger partial charge >= 0.3 is 5.97 Å².